The Bertz CT molecular complexity index is 764. The number of aromatic nitrogens is 1. The molecule has 0 aliphatic heterocycles. The second kappa shape index (κ2) is 5.81. The number of aliphatic hydroxyl groups excluding tert-OH is 1. The normalized spacial score (nSPS) is 46.9. The average Bonchev–Trinajstić information content (AvgIpc) is 3.00. The van der Waals surface area contributed by atoms with E-state index in [1.54, 1.807) is 0 Å². The third-order valence-corrected chi connectivity index (χ3v) is 8.81. The van der Waals surface area contributed by atoms with E-state index in [-0.39, 0.29) is 11.5 Å². The molecule has 1 aromatic rings. The maximum atomic E-state index is 10.1. The molecule has 2 nitrogen and oxygen atoms in total. The molecule has 1 unspecified atom stereocenters. The van der Waals surface area contributed by atoms with Gasteiger partial charge in [-0.15, -0.1) is 5.73 Å². The largest absolute Gasteiger partial charge is 0.393 e. The minimum absolute atomic E-state index is 0.147. The van der Waals surface area contributed by atoms with Gasteiger partial charge in [0, 0.05) is 18.8 Å². The Balaban J connectivity index is 1.51. The molecule has 1 aromatic heterocycles. The lowest BCUT2D eigenvalue weighted by Gasteiger charge is -2.56. The molecule has 3 saturated carbocycles. The average molecular weight is 350 g/mol. The van der Waals surface area contributed by atoms with Crippen molar-refractivity contribution in [3.05, 3.63) is 47.5 Å². The molecule has 3 fully saturated rings. The number of hydrogen-bond donors (Lipinski definition) is 1. The van der Waals surface area contributed by atoms with E-state index in [4.69, 9.17) is 0 Å². The van der Waals surface area contributed by atoms with Gasteiger partial charge in [0.2, 0.25) is 0 Å². The van der Waals surface area contributed by atoms with Crippen molar-refractivity contribution in [1.29, 1.82) is 0 Å². The molecule has 138 valence electrons. The van der Waals surface area contributed by atoms with Crippen LogP contribution in [-0.2, 0) is 0 Å². The van der Waals surface area contributed by atoms with Crippen LogP contribution in [0.25, 0.3) is 0 Å². The summed E-state index contributed by atoms with van der Waals surface area (Å²) in [4.78, 5) is 4.40. The Labute approximate surface area is 157 Å². The van der Waals surface area contributed by atoms with Crippen molar-refractivity contribution in [3.8, 4) is 0 Å². The fourth-order valence-corrected chi connectivity index (χ4v) is 7.32. The number of aliphatic hydroxyl groups is 1. The van der Waals surface area contributed by atoms with Crippen molar-refractivity contribution in [1.82, 2.24) is 4.98 Å². The van der Waals surface area contributed by atoms with Crippen LogP contribution in [-0.4, -0.2) is 16.2 Å². The summed E-state index contributed by atoms with van der Waals surface area (Å²) in [6, 6.07) is 4.39. The summed E-state index contributed by atoms with van der Waals surface area (Å²) in [6.45, 7) is 5.03. The molecule has 0 radical (unpaired) electrons. The maximum absolute atomic E-state index is 10.1. The van der Waals surface area contributed by atoms with Gasteiger partial charge in [-0.05, 0) is 96.3 Å². The SMILES string of the molecule is C[C@]12CC[C@H](O)CC1=C=C[C@@H]1[C@@H]2CC[C@]2(C)C(c3cccnc3)CC[C@@H]12. The van der Waals surface area contributed by atoms with Gasteiger partial charge in [0.1, 0.15) is 0 Å². The van der Waals surface area contributed by atoms with Gasteiger partial charge in [-0.2, -0.15) is 0 Å². The van der Waals surface area contributed by atoms with E-state index in [0.29, 0.717) is 17.3 Å². The third-order valence-electron chi connectivity index (χ3n) is 8.81. The molecule has 0 saturated heterocycles. The Morgan fingerprint density at radius 1 is 1.12 bits per heavy atom. The van der Waals surface area contributed by atoms with Gasteiger partial charge in [0.25, 0.3) is 0 Å². The zero-order valence-corrected chi connectivity index (χ0v) is 16.1. The summed E-state index contributed by atoms with van der Waals surface area (Å²) < 4.78 is 0. The molecule has 1 N–H and O–H groups in total. The van der Waals surface area contributed by atoms with Gasteiger partial charge < -0.3 is 5.11 Å². The Kier molecular flexibility index (Phi) is 3.75. The number of hydrogen-bond acceptors (Lipinski definition) is 2. The molecule has 26 heavy (non-hydrogen) atoms. The molecule has 0 amide bonds. The van der Waals surface area contributed by atoms with E-state index < -0.39 is 0 Å². The topological polar surface area (TPSA) is 33.1 Å². The maximum Gasteiger partial charge on any atom is 0.0584 e. The molecule has 0 bridgehead atoms. The van der Waals surface area contributed by atoms with Crippen LogP contribution in [0.15, 0.2) is 41.9 Å². The van der Waals surface area contributed by atoms with E-state index in [1.165, 1.54) is 36.8 Å². The van der Waals surface area contributed by atoms with Crippen LogP contribution in [0.1, 0.15) is 70.3 Å². The van der Waals surface area contributed by atoms with Crippen LogP contribution < -0.4 is 0 Å². The van der Waals surface area contributed by atoms with Crippen molar-refractivity contribution in [2.45, 2.75) is 70.8 Å². The second-order valence-corrected chi connectivity index (χ2v) is 9.85. The fraction of sp³-hybridized carbons (Fsp3) is 0.667. The van der Waals surface area contributed by atoms with E-state index >= 15 is 0 Å². The highest BCUT2D eigenvalue weighted by atomic mass is 16.3. The Morgan fingerprint density at radius 3 is 2.81 bits per heavy atom. The molecule has 4 aliphatic rings. The lowest BCUT2D eigenvalue weighted by atomic mass is 9.48. The highest BCUT2D eigenvalue weighted by Gasteiger charge is 2.58. The molecule has 1 heterocycles. The number of pyridine rings is 1. The molecular weight excluding hydrogens is 318 g/mol. The first-order valence-electron chi connectivity index (χ1n) is 10.6. The first-order chi connectivity index (χ1) is 12.5. The minimum Gasteiger partial charge on any atom is -0.393 e. The first-order valence-corrected chi connectivity index (χ1v) is 10.6. The molecular formula is C24H31NO. The van der Waals surface area contributed by atoms with Crippen LogP contribution in [0, 0.1) is 28.6 Å². The third kappa shape index (κ3) is 2.25. The van der Waals surface area contributed by atoms with Crippen molar-refractivity contribution >= 4 is 0 Å². The van der Waals surface area contributed by atoms with Crippen molar-refractivity contribution < 1.29 is 5.11 Å². The van der Waals surface area contributed by atoms with Gasteiger partial charge >= 0.3 is 0 Å². The Hall–Kier alpha value is -1.37. The predicted molar refractivity (Wildman–Crippen MR) is 104 cm³/mol. The molecule has 7 atom stereocenters. The van der Waals surface area contributed by atoms with E-state index in [0.717, 1.165) is 31.1 Å². The van der Waals surface area contributed by atoms with E-state index in [2.05, 4.69) is 49.0 Å². The monoisotopic (exact) mass is 349 g/mol. The summed E-state index contributed by atoms with van der Waals surface area (Å²) in [5.74, 6) is 2.84. The summed E-state index contributed by atoms with van der Waals surface area (Å²) in [6.07, 6.45) is 14.5. The second-order valence-electron chi connectivity index (χ2n) is 9.85. The van der Waals surface area contributed by atoms with Gasteiger partial charge in [-0.25, -0.2) is 0 Å². The molecule has 2 heteroatoms. The molecule has 4 aliphatic carbocycles. The summed E-state index contributed by atoms with van der Waals surface area (Å²) in [7, 11) is 0. The summed E-state index contributed by atoms with van der Waals surface area (Å²) in [5, 5.41) is 10.1. The highest BCUT2D eigenvalue weighted by molar-refractivity contribution is 5.29. The standard InChI is InChI=1S/C24H31NO/c1-23-11-9-18(26)14-17(23)5-6-19-21-8-7-20(16-4-3-13-25-15-16)24(21,2)12-10-22(19)23/h3-4,6,13,15,18-22,26H,7-12,14H2,1-2H3/t18-,19-,20?,21-,22-,23-,24+/m0/s1. The summed E-state index contributed by atoms with van der Waals surface area (Å²) >= 11 is 0. The van der Waals surface area contributed by atoms with E-state index in [1.807, 2.05) is 6.20 Å². The van der Waals surface area contributed by atoms with Crippen LogP contribution >= 0.6 is 0 Å². The lowest BCUT2D eigenvalue weighted by molar-refractivity contribution is -0.0180. The zero-order chi connectivity index (χ0) is 17.9. The highest BCUT2D eigenvalue weighted by Crippen LogP contribution is 2.66. The van der Waals surface area contributed by atoms with Crippen molar-refractivity contribution in [3.63, 3.8) is 0 Å². The molecule has 5 rings (SSSR count). The fourth-order valence-electron chi connectivity index (χ4n) is 7.32. The van der Waals surface area contributed by atoms with Crippen molar-refractivity contribution in [2.75, 3.05) is 0 Å². The van der Waals surface area contributed by atoms with Gasteiger partial charge in [0.05, 0.1) is 6.10 Å². The van der Waals surface area contributed by atoms with Crippen LogP contribution in [0.2, 0.25) is 0 Å². The lowest BCUT2D eigenvalue weighted by Crippen LogP contribution is -2.48. The first kappa shape index (κ1) is 16.8. The molecule has 0 spiro atoms. The smallest absolute Gasteiger partial charge is 0.0584 e. The number of nitrogens with zero attached hydrogens (tertiary/aromatic N) is 1. The Morgan fingerprint density at radius 2 is 2.00 bits per heavy atom. The molecule has 0 aromatic carbocycles. The van der Waals surface area contributed by atoms with Crippen LogP contribution in [0.4, 0.5) is 0 Å². The van der Waals surface area contributed by atoms with Gasteiger partial charge in [0.15, 0.2) is 0 Å². The van der Waals surface area contributed by atoms with Gasteiger partial charge in [-0.3, -0.25) is 4.98 Å². The summed E-state index contributed by atoms with van der Waals surface area (Å²) in [5.41, 5.74) is 7.21. The minimum atomic E-state index is -0.147. The number of fused-ring (bicyclic) bond motifs is 5. The van der Waals surface area contributed by atoms with Gasteiger partial charge in [-0.1, -0.05) is 19.9 Å². The van der Waals surface area contributed by atoms with Crippen LogP contribution in [0.3, 0.4) is 0 Å². The van der Waals surface area contributed by atoms with Crippen molar-refractivity contribution in [2.24, 2.45) is 28.6 Å². The quantitative estimate of drug-likeness (QED) is 0.702. The van der Waals surface area contributed by atoms with Crippen LogP contribution in [0.5, 0.6) is 0 Å². The number of rotatable bonds is 1. The van der Waals surface area contributed by atoms with E-state index in [9.17, 15) is 5.11 Å². The predicted octanol–water partition coefficient (Wildman–Crippen LogP) is 5.25. The zero-order valence-electron chi connectivity index (χ0n) is 16.1.